The van der Waals surface area contributed by atoms with Gasteiger partial charge in [0.05, 0.1) is 22.6 Å². The summed E-state index contributed by atoms with van der Waals surface area (Å²) in [5, 5.41) is 3.70. The Balaban J connectivity index is 1.42. The van der Waals surface area contributed by atoms with Gasteiger partial charge in [-0.05, 0) is 43.0 Å². The van der Waals surface area contributed by atoms with Gasteiger partial charge in [0.2, 0.25) is 5.95 Å². The van der Waals surface area contributed by atoms with Gasteiger partial charge in [-0.15, -0.1) is 0 Å². The third-order valence-electron chi connectivity index (χ3n) is 8.96. The summed E-state index contributed by atoms with van der Waals surface area (Å²) in [5.74, 6) is 1.95. The molecule has 0 radical (unpaired) electrons. The van der Waals surface area contributed by atoms with E-state index in [1.54, 1.807) is 0 Å². The molecular formula is C39H29N5. The van der Waals surface area contributed by atoms with Crippen molar-refractivity contribution in [3.8, 4) is 28.7 Å². The van der Waals surface area contributed by atoms with Crippen molar-refractivity contribution >= 4 is 38.8 Å². The molecule has 5 heteroatoms. The molecule has 2 aliphatic carbocycles. The molecule has 3 heterocycles. The molecule has 4 aromatic carbocycles. The lowest BCUT2D eigenvalue weighted by Gasteiger charge is -2.20. The Morgan fingerprint density at radius 2 is 1.36 bits per heavy atom. The molecule has 0 amide bonds. The number of rotatable bonds is 4. The normalized spacial score (nSPS) is 15.9. The summed E-state index contributed by atoms with van der Waals surface area (Å²) >= 11 is 0. The van der Waals surface area contributed by atoms with Crippen LogP contribution in [0.5, 0.6) is 0 Å². The first-order valence-electron chi connectivity index (χ1n) is 15.3. The summed E-state index contributed by atoms with van der Waals surface area (Å²) in [6, 6.07) is 33.9. The summed E-state index contributed by atoms with van der Waals surface area (Å²) in [6.07, 6.45) is 16.6. The maximum atomic E-state index is 5.19. The highest BCUT2D eigenvalue weighted by Gasteiger charge is 2.27. The zero-order valence-electron chi connectivity index (χ0n) is 24.1. The van der Waals surface area contributed by atoms with E-state index in [0.29, 0.717) is 17.6 Å². The Hall–Kier alpha value is -5.55. The number of benzene rings is 4. The molecule has 7 aromatic rings. The van der Waals surface area contributed by atoms with Gasteiger partial charge in [-0.1, -0.05) is 115 Å². The van der Waals surface area contributed by atoms with Crippen molar-refractivity contribution in [1.82, 2.24) is 24.1 Å². The summed E-state index contributed by atoms with van der Waals surface area (Å²) < 4.78 is 4.83. The average molecular weight is 568 g/mol. The van der Waals surface area contributed by atoms with Crippen LogP contribution in [0.15, 0.2) is 127 Å². The fourth-order valence-corrected chi connectivity index (χ4v) is 7.03. The summed E-state index contributed by atoms with van der Waals surface area (Å²) in [6.45, 7) is 0. The second kappa shape index (κ2) is 10.0. The largest absolute Gasteiger partial charge is 0.333 e. The lowest BCUT2D eigenvalue weighted by atomic mass is 9.99. The van der Waals surface area contributed by atoms with Crippen LogP contribution in [0.25, 0.3) is 67.5 Å². The van der Waals surface area contributed by atoms with Crippen LogP contribution < -0.4 is 0 Å². The van der Waals surface area contributed by atoms with Crippen molar-refractivity contribution < 1.29 is 0 Å². The van der Waals surface area contributed by atoms with E-state index in [9.17, 15) is 0 Å². The first-order valence-corrected chi connectivity index (χ1v) is 15.3. The average Bonchev–Trinajstić information content (AvgIpc) is 3.62. The third-order valence-corrected chi connectivity index (χ3v) is 8.96. The van der Waals surface area contributed by atoms with Crippen LogP contribution in [0.4, 0.5) is 0 Å². The summed E-state index contributed by atoms with van der Waals surface area (Å²) in [7, 11) is 0. The van der Waals surface area contributed by atoms with Crippen molar-refractivity contribution in [3.63, 3.8) is 0 Å². The molecule has 3 aromatic heterocycles. The molecule has 9 rings (SSSR count). The highest BCUT2D eigenvalue weighted by atomic mass is 15.2. The molecule has 5 nitrogen and oxygen atoms in total. The molecule has 0 saturated carbocycles. The van der Waals surface area contributed by atoms with E-state index in [1.807, 2.05) is 36.4 Å². The van der Waals surface area contributed by atoms with Crippen LogP contribution in [0.2, 0.25) is 0 Å². The number of fused-ring (bicyclic) bond motifs is 7. The Kier molecular flexibility index (Phi) is 5.69. The molecule has 0 fully saturated rings. The van der Waals surface area contributed by atoms with Crippen LogP contribution >= 0.6 is 0 Å². The number of aromatic nitrogens is 5. The molecule has 0 saturated heterocycles. The number of para-hydroxylation sites is 1. The lowest BCUT2D eigenvalue weighted by Crippen LogP contribution is -2.10. The van der Waals surface area contributed by atoms with Gasteiger partial charge >= 0.3 is 0 Å². The van der Waals surface area contributed by atoms with Crippen molar-refractivity contribution in [2.45, 2.75) is 25.3 Å². The monoisotopic (exact) mass is 567 g/mol. The van der Waals surface area contributed by atoms with Crippen molar-refractivity contribution in [1.29, 1.82) is 0 Å². The van der Waals surface area contributed by atoms with Gasteiger partial charge in [0.1, 0.15) is 0 Å². The van der Waals surface area contributed by atoms with E-state index in [0.717, 1.165) is 41.4 Å². The smallest absolute Gasteiger partial charge is 0.238 e. The zero-order chi connectivity index (χ0) is 29.0. The quantitative estimate of drug-likeness (QED) is 0.213. The van der Waals surface area contributed by atoms with E-state index in [1.165, 1.54) is 32.9 Å². The zero-order valence-corrected chi connectivity index (χ0v) is 24.1. The highest BCUT2D eigenvalue weighted by Crippen LogP contribution is 2.43. The minimum Gasteiger partial charge on any atom is -0.333 e. The van der Waals surface area contributed by atoms with Gasteiger partial charge < -0.3 is 4.57 Å². The van der Waals surface area contributed by atoms with Gasteiger partial charge in [-0.3, -0.25) is 4.57 Å². The third kappa shape index (κ3) is 3.82. The van der Waals surface area contributed by atoms with Crippen molar-refractivity contribution in [2.75, 3.05) is 0 Å². The Labute approximate surface area is 255 Å². The first kappa shape index (κ1) is 25.0. The Morgan fingerprint density at radius 1 is 0.636 bits per heavy atom. The van der Waals surface area contributed by atoms with Gasteiger partial charge in [-0.2, -0.15) is 9.97 Å². The van der Waals surface area contributed by atoms with Crippen LogP contribution in [-0.2, 0) is 6.42 Å². The minimum absolute atomic E-state index is 0.274. The molecule has 0 aliphatic heterocycles. The molecule has 0 N–H and O–H groups in total. The van der Waals surface area contributed by atoms with E-state index >= 15 is 0 Å². The topological polar surface area (TPSA) is 48.5 Å². The van der Waals surface area contributed by atoms with Crippen LogP contribution in [0.1, 0.15) is 30.1 Å². The number of allylic oxidation sites excluding steroid dienone is 5. The van der Waals surface area contributed by atoms with Crippen LogP contribution in [0.3, 0.4) is 0 Å². The fraction of sp³-hybridized carbons (Fsp3) is 0.103. The summed E-state index contributed by atoms with van der Waals surface area (Å²) in [5.41, 5.74) is 8.15. The van der Waals surface area contributed by atoms with Crippen LogP contribution in [-0.4, -0.2) is 24.1 Å². The molecule has 1 atom stereocenters. The Bertz CT molecular complexity index is 2240. The van der Waals surface area contributed by atoms with Gasteiger partial charge in [0.25, 0.3) is 0 Å². The van der Waals surface area contributed by atoms with Crippen molar-refractivity contribution in [2.24, 2.45) is 0 Å². The van der Waals surface area contributed by atoms with E-state index in [2.05, 4.69) is 106 Å². The fourth-order valence-electron chi connectivity index (χ4n) is 7.03. The predicted molar refractivity (Wildman–Crippen MR) is 180 cm³/mol. The molecule has 2 aliphatic rings. The molecule has 1 unspecified atom stereocenters. The molecule has 44 heavy (non-hydrogen) atoms. The molecular weight excluding hydrogens is 538 g/mol. The van der Waals surface area contributed by atoms with Crippen molar-refractivity contribution in [3.05, 3.63) is 139 Å². The van der Waals surface area contributed by atoms with Gasteiger partial charge in [0, 0.05) is 33.0 Å². The lowest BCUT2D eigenvalue weighted by molar-refractivity contribution is 0.621. The number of hydrogen-bond donors (Lipinski definition) is 0. The predicted octanol–water partition coefficient (Wildman–Crippen LogP) is 9.27. The van der Waals surface area contributed by atoms with E-state index < -0.39 is 0 Å². The van der Waals surface area contributed by atoms with Gasteiger partial charge in [-0.25, -0.2) is 4.98 Å². The second-order valence-electron chi connectivity index (χ2n) is 11.5. The maximum Gasteiger partial charge on any atom is 0.238 e. The second-order valence-corrected chi connectivity index (χ2v) is 11.5. The molecule has 0 spiro atoms. The minimum atomic E-state index is 0.274. The molecule has 210 valence electrons. The summed E-state index contributed by atoms with van der Waals surface area (Å²) in [4.78, 5) is 15.4. The number of aryl methyl sites for hydroxylation is 1. The first-order chi connectivity index (χ1) is 21.8. The Morgan fingerprint density at radius 3 is 2.09 bits per heavy atom. The van der Waals surface area contributed by atoms with E-state index in [-0.39, 0.29) is 6.04 Å². The highest BCUT2D eigenvalue weighted by molar-refractivity contribution is 6.19. The van der Waals surface area contributed by atoms with Gasteiger partial charge in [0.15, 0.2) is 11.6 Å². The molecule has 0 bridgehead atoms. The SMILES string of the molecule is C1=CCC(n2c3c(c4c2ccc2c5ccccc5n(-c5nc(-c6ccccc6)nc(-c6ccccc6)n5)c24)CCC=C3)C=C1. The number of hydrogen-bond acceptors (Lipinski definition) is 3. The van der Waals surface area contributed by atoms with E-state index in [4.69, 9.17) is 15.0 Å². The van der Waals surface area contributed by atoms with Crippen LogP contribution in [0, 0.1) is 0 Å². The maximum absolute atomic E-state index is 5.19. The standard InChI is InChI=1S/C39H29N5/c1-4-14-26(15-5-1)37-40-38(27-16-6-2-7-17-27)42-39(41-37)44-32-22-12-10-20-29(32)30-24-25-34-35(36(30)44)31-21-11-13-23-33(31)43(34)28-18-8-3-9-19-28/h1-10,12-18,20,22-25,28H,11,19,21H2. The number of nitrogens with zero attached hydrogens (tertiary/aromatic N) is 5.